The SMILES string of the molecule is COc1ccc(CC(=O)NCC(O)C(COC2CCCC2)Oc2ccccc2)cc1OC. The summed E-state index contributed by atoms with van der Waals surface area (Å²) in [6, 6.07) is 14.7. The zero-order chi connectivity index (χ0) is 22.8. The second kappa shape index (κ2) is 12.3. The standard InChI is InChI=1S/C25H33NO6/c1-29-22-13-12-18(14-23(22)30-2)15-25(28)26-16-21(27)24(17-31-19-8-6-7-9-19)32-20-10-4-3-5-11-20/h3-5,10-14,19,21,24,27H,6-9,15-17H2,1-2H3,(H,26,28). The first-order chi connectivity index (χ1) is 15.6. The molecule has 0 radical (unpaired) electrons. The number of nitrogens with one attached hydrogen (secondary N) is 1. The Labute approximate surface area is 189 Å². The quantitative estimate of drug-likeness (QED) is 0.524. The molecule has 2 aromatic carbocycles. The summed E-state index contributed by atoms with van der Waals surface area (Å²) in [7, 11) is 3.12. The van der Waals surface area contributed by atoms with Gasteiger partial charge in [0.15, 0.2) is 11.5 Å². The van der Waals surface area contributed by atoms with Crippen molar-refractivity contribution in [2.45, 2.75) is 50.4 Å². The van der Waals surface area contributed by atoms with E-state index in [1.165, 1.54) is 12.8 Å². The maximum atomic E-state index is 12.5. The number of amides is 1. The Bertz CT molecular complexity index is 838. The minimum atomic E-state index is -0.911. The van der Waals surface area contributed by atoms with Crippen molar-refractivity contribution in [2.24, 2.45) is 0 Å². The lowest BCUT2D eigenvalue weighted by Gasteiger charge is -2.26. The summed E-state index contributed by atoms with van der Waals surface area (Å²) in [5, 5.41) is 13.5. The summed E-state index contributed by atoms with van der Waals surface area (Å²) >= 11 is 0. The Morgan fingerprint density at radius 2 is 1.78 bits per heavy atom. The van der Waals surface area contributed by atoms with Gasteiger partial charge in [0.1, 0.15) is 18.0 Å². The smallest absolute Gasteiger partial charge is 0.224 e. The van der Waals surface area contributed by atoms with E-state index in [9.17, 15) is 9.90 Å². The van der Waals surface area contributed by atoms with Crippen molar-refractivity contribution < 1.29 is 28.8 Å². The van der Waals surface area contributed by atoms with E-state index >= 15 is 0 Å². The van der Waals surface area contributed by atoms with Crippen LogP contribution in [0, 0.1) is 0 Å². The van der Waals surface area contributed by atoms with E-state index in [0.717, 1.165) is 18.4 Å². The van der Waals surface area contributed by atoms with E-state index in [4.69, 9.17) is 18.9 Å². The van der Waals surface area contributed by atoms with Gasteiger partial charge in [-0.3, -0.25) is 4.79 Å². The van der Waals surface area contributed by atoms with Crippen molar-refractivity contribution in [2.75, 3.05) is 27.4 Å². The Kier molecular flexibility index (Phi) is 9.19. The van der Waals surface area contributed by atoms with Crippen molar-refractivity contribution in [3.8, 4) is 17.2 Å². The van der Waals surface area contributed by atoms with Crippen LogP contribution in [0.25, 0.3) is 0 Å². The third-order valence-corrected chi connectivity index (χ3v) is 5.58. The van der Waals surface area contributed by atoms with Gasteiger partial charge >= 0.3 is 0 Å². The van der Waals surface area contributed by atoms with Crippen LogP contribution in [-0.2, 0) is 16.0 Å². The summed E-state index contributed by atoms with van der Waals surface area (Å²) in [5.74, 6) is 1.63. The molecule has 7 nitrogen and oxygen atoms in total. The van der Waals surface area contributed by atoms with Crippen LogP contribution >= 0.6 is 0 Å². The number of hydrogen-bond acceptors (Lipinski definition) is 6. The van der Waals surface area contributed by atoms with Gasteiger partial charge in [-0.15, -0.1) is 0 Å². The van der Waals surface area contributed by atoms with Gasteiger partial charge in [0, 0.05) is 6.54 Å². The summed E-state index contributed by atoms with van der Waals surface area (Å²) in [4.78, 5) is 12.5. The molecule has 1 saturated carbocycles. The lowest BCUT2D eigenvalue weighted by Crippen LogP contribution is -2.44. The third-order valence-electron chi connectivity index (χ3n) is 5.58. The molecular weight excluding hydrogens is 410 g/mol. The van der Waals surface area contributed by atoms with Gasteiger partial charge in [-0.2, -0.15) is 0 Å². The van der Waals surface area contributed by atoms with Crippen LogP contribution in [0.2, 0.25) is 0 Å². The Balaban J connectivity index is 1.54. The molecule has 1 amide bonds. The van der Waals surface area contributed by atoms with E-state index in [1.807, 2.05) is 36.4 Å². The first-order valence-corrected chi connectivity index (χ1v) is 11.1. The number of carbonyl (C=O) groups is 1. The van der Waals surface area contributed by atoms with E-state index in [2.05, 4.69) is 5.32 Å². The van der Waals surface area contributed by atoms with Crippen LogP contribution in [0.15, 0.2) is 48.5 Å². The maximum Gasteiger partial charge on any atom is 0.224 e. The fourth-order valence-corrected chi connectivity index (χ4v) is 3.77. The first-order valence-electron chi connectivity index (χ1n) is 11.1. The number of aliphatic hydroxyl groups is 1. The molecule has 1 aliphatic rings. The molecule has 0 bridgehead atoms. The molecule has 0 aliphatic heterocycles. The van der Waals surface area contributed by atoms with E-state index in [-0.39, 0.29) is 31.6 Å². The summed E-state index contributed by atoms with van der Waals surface area (Å²) < 4.78 is 22.5. The highest BCUT2D eigenvalue weighted by Gasteiger charge is 2.25. The molecule has 174 valence electrons. The minimum Gasteiger partial charge on any atom is -0.493 e. The normalized spacial score (nSPS) is 15.7. The van der Waals surface area contributed by atoms with Crippen LogP contribution in [0.4, 0.5) is 0 Å². The summed E-state index contributed by atoms with van der Waals surface area (Å²) in [6.45, 7) is 0.337. The summed E-state index contributed by atoms with van der Waals surface area (Å²) in [6.07, 6.45) is 3.30. The largest absolute Gasteiger partial charge is 0.493 e. The van der Waals surface area contributed by atoms with Gasteiger partial charge < -0.3 is 29.4 Å². The van der Waals surface area contributed by atoms with Gasteiger partial charge in [-0.05, 0) is 42.7 Å². The molecule has 3 rings (SSSR count). The lowest BCUT2D eigenvalue weighted by molar-refractivity contribution is -0.121. The molecule has 0 saturated heterocycles. The van der Waals surface area contributed by atoms with Crippen molar-refractivity contribution in [3.05, 3.63) is 54.1 Å². The molecule has 2 unspecified atom stereocenters. The second-order valence-corrected chi connectivity index (χ2v) is 7.95. The molecule has 7 heteroatoms. The van der Waals surface area contributed by atoms with Gasteiger partial charge in [0.25, 0.3) is 0 Å². The van der Waals surface area contributed by atoms with Crippen molar-refractivity contribution in [1.29, 1.82) is 0 Å². The van der Waals surface area contributed by atoms with E-state index in [0.29, 0.717) is 17.2 Å². The minimum absolute atomic E-state index is 0.0671. The van der Waals surface area contributed by atoms with Crippen molar-refractivity contribution in [1.82, 2.24) is 5.32 Å². The van der Waals surface area contributed by atoms with Crippen LogP contribution < -0.4 is 19.5 Å². The van der Waals surface area contributed by atoms with Crippen LogP contribution in [0.5, 0.6) is 17.2 Å². The van der Waals surface area contributed by atoms with Crippen molar-refractivity contribution >= 4 is 5.91 Å². The molecule has 2 N–H and O–H groups in total. The third kappa shape index (κ3) is 7.14. The number of carbonyl (C=O) groups excluding carboxylic acids is 1. The molecule has 1 aliphatic carbocycles. The predicted octanol–water partition coefficient (Wildman–Crippen LogP) is 3.13. The fraction of sp³-hybridized carbons (Fsp3) is 0.480. The maximum absolute atomic E-state index is 12.5. The zero-order valence-electron chi connectivity index (χ0n) is 18.8. The highest BCUT2D eigenvalue weighted by molar-refractivity contribution is 5.78. The number of benzene rings is 2. The Morgan fingerprint density at radius 1 is 1.06 bits per heavy atom. The van der Waals surface area contributed by atoms with E-state index < -0.39 is 12.2 Å². The average molecular weight is 444 g/mol. The fourth-order valence-electron chi connectivity index (χ4n) is 3.77. The molecule has 2 atom stereocenters. The van der Waals surface area contributed by atoms with Crippen LogP contribution in [-0.4, -0.2) is 56.7 Å². The van der Waals surface area contributed by atoms with Gasteiger partial charge in [0.2, 0.25) is 5.91 Å². The lowest BCUT2D eigenvalue weighted by atomic mass is 10.1. The Morgan fingerprint density at radius 3 is 2.47 bits per heavy atom. The molecule has 0 heterocycles. The van der Waals surface area contributed by atoms with Gasteiger partial charge in [-0.1, -0.05) is 37.1 Å². The monoisotopic (exact) mass is 443 g/mol. The second-order valence-electron chi connectivity index (χ2n) is 7.95. The number of ether oxygens (including phenoxy) is 4. The molecule has 0 spiro atoms. The summed E-state index contributed by atoms with van der Waals surface area (Å²) in [5.41, 5.74) is 0.788. The number of methoxy groups -OCH3 is 2. The first kappa shape index (κ1) is 23.9. The van der Waals surface area contributed by atoms with Crippen molar-refractivity contribution in [3.63, 3.8) is 0 Å². The number of aliphatic hydroxyl groups excluding tert-OH is 1. The molecule has 1 fully saturated rings. The molecule has 0 aromatic heterocycles. The predicted molar refractivity (Wildman–Crippen MR) is 121 cm³/mol. The molecular formula is C25H33NO6. The zero-order valence-corrected chi connectivity index (χ0v) is 18.8. The van der Waals surface area contributed by atoms with E-state index in [1.54, 1.807) is 26.4 Å². The highest BCUT2D eigenvalue weighted by atomic mass is 16.5. The number of hydrogen-bond donors (Lipinski definition) is 2. The highest BCUT2D eigenvalue weighted by Crippen LogP contribution is 2.27. The molecule has 32 heavy (non-hydrogen) atoms. The van der Waals surface area contributed by atoms with Crippen LogP contribution in [0.3, 0.4) is 0 Å². The van der Waals surface area contributed by atoms with Gasteiger partial charge in [0.05, 0.1) is 33.4 Å². The molecule has 2 aromatic rings. The topological polar surface area (TPSA) is 86.3 Å². The van der Waals surface area contributed by atoms with Crippen LogP contribution in [0.1, 0.15) is 31.2 Å². The number of para-hydroxylation sites is 1. The average Bonchev–Trinajstić information content (AvgIpc) is 3.34. The van der Waals surface area contributed by atoms with Gasteiger partial charge in [-0.25, -0.2) is 0 Å². The number of rotatable bonds is 12. The Hall–Kier alpha value is -2.77.